The van der Waals surface area contributed by atoms with E-state index in [9.17, 15) is 0 Å². The van der Waals surface area contributed by atoms with Gasteiger partial charge in [-0.25, -0.2) is 0 Å². The van der Waals surface area contributed by atoms with Crippen LogP contribution >= 0.6 is 0 Å². The van der Waals surface area contributed by atoms with Gasteiger partial charge >= 0.3 is 0 Å². The van der Waals surface area contributed by atoms with Crippen LogP contribution in [-0.4, -0.2) is 41.3 Å². The fourth-order valence-electron chi connectivity index (χ4n) is 2.37. The van der Waals surface area contributed by atoms with Crippen LogP contribution in [0.15, 0.2) is 12.1 Å². The number of nitrogens with zero attached hydrogens (tertiary/aromatic N) is 3. The van der Waals surface area contributed by atoms with Gasteiger partial charge in [0.2, 0.25) is 5.88 Å². The molecule has 2 rings (SSSR count). The summed E-state index contributed by atoms with van der Waals surface area (Å²) in [6, 6.07) is 4.56. The van der Waals surface area contributed by atoms with Gasteiger partial charge in [0, 0.05) is 24.6 Å². The summed E-state index contributed by atoms with van der Waals surface area (Å²) in [5, 5.41) is 8.32. The molecule has 0 aromatic carbocycles. The first-order valence-electron chi connectivity index (χ1n) is 6.32. The number of methoxy groups -OCH3 is 1. The van der Waals surface area contributed by atoms with Gasteiger partial charge in [0.15, 0.2) is 0 Å². The maximum atomic E-state index is 5.03. The molecule has 2 heterocycles. The Labute approximate surface area is 103 Å². The molecule has 1 aliphatic rings. The van der Waals surface area contributed by atoms with Crippen LogP contribution in [0.1, 0.15) is 38.3 Å². The van der Waals surface area contributed by atoms with Crippen LogP contribution in [0.4, 0.5) is 0 Å². The molecule has 0 bridgehead atoms. The van der Waals surface area contributed by atoms with E-state index < -0.39 is 0 Å². The van der Waals surface area contributed by atoms with E-state index in [1.165, 1.54) is 19.4 Å². The Balaban J connectivity index is 2.05. The Morgan fingerprint density at radius 1 is 1.35 bits per heavy atom. The lowest BCUT2D eigenvalue weighted by molar-refractivity contribution is 0.166. The molecule has 0 N–H and O–H groups in total. The van der Waals surface area contributed by atoms with Crippen molar-refractivity contribution in [2.45, 2.75) is 38.6 Å². The topological polar surface area (TPSA) is 38.2 Å². The summed E-state index contributed by atoms with van der Waals surface area (Å²) >= 11 is 0. The van der Waals surface area contributed by atoms with Crippen molar-refractivity contribution in [1.29, 1.82) is 0 Å². The second-order valence-electron chi connectivity index (χ2n) is 4.93. The van der Waals surface area contributed by atoms with Crippen molar-refractivity contribution in [1.82, 2.24) is 15.1 Å². The average Bonchev–Trinajstić information content (AvgIpc) is 2.39. The average molecular weight is 235 g/mol. The highest BCUT2D eigenvalue weighted by atomic mass is 16.5. The van der Waals surface area contributed by atoms with Crippen LogP contribution < -0.4 is 4.74 Å². The highest BCUT2D eigenvalue weighted by Gasteiger charge is 2.23. The SMILES string of the molecule is COc1ccc(C2CCCN(C(C)C)C2)nn1. The van der Waals surface area contributed by atoms with Gasteiger partial charge in [-0.15, -0.1) is 5.10 Å². The van der Waals surface area contributed by atoms with E-state index in [1.807, 2.05) is 12.1 Å². The molecule has 1 aromatic rings. The van der Waals surface area contributed by atoms with E-state index in [0.29, 0.717) is 17.8 Å². The number of aromatic nitrogens is 2. The third-order valence-electron chi connectivity index (χ3n) is 3.47. The van der Waals surface area contributed by atoms with Gasteiger partial charge in [0.25, 0.3) is 0 Å². The minimum atomic E-state index is 0.518. The summed E-state index contributed by atoms with van der Waals surface area (Å²) in [7, 11) is 1.62. The summed E-state index contributed by atoms with van der Waals surface area (Å²) in [6.45, 7) is 6.81. The van der Waals surface area contributed by atoms with Crippen LogP contribution in [0.3, 0.4) is 0 Å². The molecule has 0 amide bonds. The Morgan fingerprint density at radius 3 is 2.76 bits per heavy atom. The Hall–Kier alpha value is -1.16. The third-order valence-corrected chi connectivity index (χ3v) is 3.47. The van der Waals surface area contributed by atoms with Crippen LogP contribution in [-0.2, 0) is 0 Å². The number of ether oxygens (including phenoxy) is 1. The maximum Gasteiger partial charge on any atom is 0.233 e. The molecule has 0 saturated carbocycles. The minimum Gasteiger partial charge on any atom is -0.480 e. The van der Waals surface area contributed by atoms with Gasteiger partial charge in [-0.2, -0.15) is 5.10 Å². The number of likely N-dealkylation sites (tertiary alicyclic amines) is 1. The first-order chi connectivity index (χ1) is 8.20. The standard InChI is InChI=1S/C13H21N3O/c1-10(2)16-8-4-5-11(9-16)12-6-7-13(17-3)15-14-12/h6-7,10-11H,4-5,8-9H2,1-3H3. The normalized spacial score (nSPS) is 21.8. The zero-order chi connectivity index (χ0) is 12.3. The van der Waals surface area contributed by atoms with E-state index in [-0.39, 0.29) is 0 Å². The predicted octanol–water partition coefficient (Wildman–Crippen LogP) is 2.07. The van der Waals surface area contributed by atoms with E-state index in [2.05, 4.69) is 28.9 Å². The van der Waals surface area contributed by atoms with Gasteiger partial charge in [-0.3, -0.25) is 0 Å². The monoisotopic (exact) mass is 235 g/mol. The van der Waals surface area contributed by atoms with Gasteiger partial charge in [0.1, 0.15) is 0 Å². The molecule has 17 heavy (non-hydrogen) atoms. The van der Waals surface area contributed by atoms with Gasteiger partial charge in [-0.1, -0.05) is 0 Å². The molecule has 1 unspecified atom stereocenters. The molecule has 4 nitrogen and oxygen atoms in total. The zero-order valence-corrected chi connectivity index (χ0v) is 10.9. The number of rotatable bonds is 3. The van der Waals surface area contributed by atoms with Crippen molar-refractivity contribution >= 4 is 0 Å². The van der Waals surface area contributed by atoms with E-state index in [0.717, 1.165) is 12.2 Å². The van der Waals surface area contributed by atoms with Crippen molar-refractivity contribution in [3.05, 3.63) is 17.8 Å². The number of piperidine rings is 1. The Kier molecular flexibility index (Phi) is 3.94. The lowest BCUT2D eigenvalue weighted by atomic mass is 9.94. The van der Waals surface area contributed by atoms with E-state index in [4.69, 9.17) is 4.74 Å². The molecule has 0 spiro atoms. The van der Waals surface area contributed by atoms with Gasteiger partial charge < -0.3 is 9.64 Å². The molecule has 0 radical (unpaired) electrons. The second kappa shape index (κ2) is 5.45. The van der Waals surface area contributed by atoms with Crippen LogP contribution in [0, 0.1) is 0 Å². The largest absolute Gasteiger partial charge is 0.480 e. The smallest absolute Gasteiger partial charge is 0.233 e. The van der Waals surface area contributed by atoms with Crippen LogP contribution in [0.2, 0.25) is 0 Å². The lowest BCUT2D eigenvalue weighted by Gasteiger charge is -2.34. The second-order valence-corrected chi connectivity index (χ2v) is 4.93. The molecule has 94 valence electrons. The zero-order valence-electron chi connectivity index (χ0n) is 10.9. The van der Waals surface area contributed by atoms with Crippen molar-refractivity contribution < 1.29 is 4.74 Å². The molecule has 1 atom stereocenters. The highest BCUT2D eigenvalue weighted by Crippen LogP contribution is 2.26. The first-order valence-corrected chi connectivity index (χ1v) is 6.32. The summed E-state index contributed by atoms with van der Waals surface area (Å²) in [5.41, 5.74) is 1.09. The Bertz CT molecular complexity index is 350. The van der Waals surface area contributed by atoms with E-state index >= 15 is 0 Å². The highest BCUT2D eigenvalue weighted by molar-refractivity contribution is 5.15. The summed E-state index contributed by atoms with van der Waals surface area (Å²) < 4.78 is 5.03. The van der Waals surface area contributed by atoms with E-state index in [1.54, 1.807) is 7.11 Å². The molecule has 1 aliphatic heterocycles. The van der Waals surface area contributed by atoms with Gasteiger partial charge in [-0.05, 0) is 39.3 Å². The summed E-state index contributed by atoms with van der Waals surface area (Å²) in [5.74, 6) is 1.11. The molecular weight excluding hydrogens is 214 g/mol. The van der Waals surface area contributed by atoms with Gasteiger partial charge in [0.05, 0.1) is 12.8 Å². The van der Waals surface area contributed by atoms with Crippen molar-refractivity contribution in [2.24, 2.45) is 0 Å². The molecule has 1 fully saturated rings. The van der Waals surface area contributed by atoms with Crippen LogP contribution in [0.5, 0.6) is 5.88 Å². The predicted molar refractivity (Wildman–Crippen MR) is 67.3 cm³/mol. The fourth-order valence-corrected chi connectivity index (χ4v) is 2.37. The summed E-state index contributed by atoms with van der Waals surface area (Å²) in [6.07, 6.45) is 2.46. The van der Waals surface area contributed by atoms with Crippen molar-refractivity contribution in [3.63, 3.8) is 0 Å². The summed E-state index contributed by atoms with van der Waals surface area (Å²) in [4.78, 5) is 2.51. The maximum absolute atomic E-state index is 5.03. The first kappa shape index (κ1) is 12.3. The fraction of sp³-hybridized carbons (Fsp3) is 0.692. The Morgan fingerprint density at radius 2 is 2.18 bits per heavy atom. The number of hydrogen-bond acceptors (Lipinski definition) is 4. The quantitative estimate of drug-likeness (QED) is 0.804. The van der Waals surface area contributed by atoms with Crippen molar-refractivity contribution in [2.75, 3.05) is 20.2 Å². The number of hydrogen-bond donors (Lipinski definition) is 0. The molecule has 4 heteroatoms. The molecule has 0 aliphatic carbocycles. The van der Waals surface area contributed by atoms with Crippen LogP contribution in [0.25, 0.3) is 0 Å². The molecular formula is C13H21N3O. The van der Waals surface area contributed by atoms with Crippen molar-refractivity contribution in [3.8, 4) is 5.88 Å². The molecule has 1 aromatic heterocycles. The molecule has 1 saturated heterocycles. The minimum absolute atomic E-state index is 0.518. The lowest BCUT2D eigenvalue weighted by Crippen LogP contribution is -2.39. The third kappa shape index (κ3) is 2.94.